The van der Waals surface area contributed by atoms with Crippen molar-refractivity contribution in [2.75, 3.05) is 0 Å². The molecule has 0 aliphatic heterocycles. The fraction of sp³-hybridized carbons (Fsp3) is 0.290. The van der Waals surface area contributed by atoms with Gasteiger partial charge in [-0.25, -0.2) is 9.59 Å². The van der Waals surface area contributed by atoms with Crippen LogP contribution in [0.3, 0.4) is 0 Å². The number of aromatic hydroxyl groups is 1. The number of rotatable bonds is 8. The number of nitrogens with one attached hydrogen (secondary N) is 2. The van der Waals surface area contributed by atoms with Gasteiger partial charge >= 0.3 is 11.8 Å². The van der Waals surface area contributed by atoms with Gasteiger partial charge in [-0.05, 0) is 55.7 Å². The standard InChI is InChI=1S/C31H32N4O6/c1-31(2,3)41-29(38)34-24(23-7-5-6-8-26(23)36)17-28(37)33-22(18-32)15-19-9-11-20(12-10-19)21-13-14-27-25(16-21)35(4)30(39)40-27/h5-14,16,22,24,36H,15,17H2,1-4H3,(H,33,37)(H,34,38)/t22-,24+/m0/s1. The van der Waals surface area contributed by atoms with Gasteiger partial charge in [0.25, 0.3) is 0 Å². The number of carbonyl (C=O) groups is 2. The van der Waals surface area contributed by atoms with Crippen LogP contribution in [0.15, 0.2) is 75.9 Å². The Hall–Kier alpha value is -5.04. The molecular formula is C31H32N4O6. The quantitative estimate of drug-likeness (QED) is 0.285. The zero-order valence-corrected chi connectivity index (χ0v) is 23.3. The maximum absolute atomic E-state index is 13.0. The predicted octanol–water partition coefficient (Wildman–Crippen LogP) is 4.71. The second-order valence-corrected chi connectivity index (χ2v) is 10.7. The number of carbonyl (C=O) groups excluding carboxylic acids is 2. The Morgan fingerprint density at radius 2 is 1.73 bits per heavy atom. The summed E-state index contributed by atoms with van der Waals surface area (Å²) in [6, 6.07) is 19.9. The molecule has 3 N–H and O–H groups in total. The van der Waals surface area contributed by atoms with Gasteiger partial charge in [-0.15, -0.1) is 0 Å². The van der Waals surface area contributed by atoms with Crippen molar-refractivity contribution in [3.63, 3.8) is 0 Å². The molecule has 1 aromatic heterocycles. The molecule has 2 amide bonds. The van der Waals surface area contributed by atoms with E-state index in [1.165, 1.54) is 10.6 Å². The first-order valence-corrected chi connectivity index (χ1v) is 13.1. The molecule has 3 aromatic carbocycles. The molecule has 41 heavy (non-hydrogen) atoms. The molecule has 4 aromatic rings. The van der Waals surface area contributed by atoms with Crippen LogP contribution < -0.4 is 16.4 Å². The Morgan fingerprint density at radius 1 is 1.05 bits per heavy atom. The molecule has 10 nitrogen and oxygen atoms in total. The third-order valence-electron chi connectivity index (χ3n) is 6.40. The van der Waals surface area contributed by atoms with Gasteiger partial charge in [-0.1, -0.05) is 48.5 Å². The van der Waals surface area contributed by atoms with E-state index < -0.39 is 35.4 Å². The number of hydrogen-bond donors (Lipinski definition) is 3. The Bertz CT molecular complexity index is 1660. The summed E-state index contributed by atoms with van der Waals surface area (Å²) in [6.45, 7) is 5.17. The van der Waals surface area contributed by atoms with Crippen LogP contribution in [0.1, 0.15) is 44.4 Å². The monoisotopic (exact) mass is 556 g/mol. The molecular weight excluding hydrogens is 524 g/mol. The number of para-hydroxylation sites is 1. The number of alkyl carbamates (subject to hydrolysis) is 1. The fourth-order valence-corrected chi connectivity index (χ4v) is 4.41. The number of phenols is 1. The third-order valence-corrected chi connectivity index (χ3v) is 6.40. The summed E-state index contributed by atoms with van der Waals surface area (Å²) in [6.07, 6.45) is -0.685. The van der Waals surface area contributed by atoms with E-state index in [4.69, 9.17) is 9.15 Å². The number of ether oxygens (including phenoxy) is 1. The third kappa shape index (κ3) is 7.33. The number of hydrogen-bond acceptors (Lipinski definition) is 7. The van der Waals surface area contributed by atoms with E-state index >= 15 is 0 Å². The Balaban J connectivity index is 1.43. The second-order valence-electron chi connectivity index (χ2n) is 10.7. The van der Waals surface area contributed by atoms with E-state index in [0.717, 1.165) is 16.7 Å². The lowest BCUT2D eigenvalue weighted by atomic mass is 10.00. The Morgan fingerprint density at radius 3 is 2.39 bits per heavy atom. The van der Waals surface area contributed by atoms with Crippen molar-refractivity contribution in [1.29, 1.82) is 5.26 Å². The molecule has 1 heterocycles. The lowest BCUT2D eigenvalue weighted by Crippen LogP contribution is -2.40. The highest BCUT2D eigenvalue weighted by atomic mass is 16.6. The van der Waals surface area contributed by atoms with Crippen LogP contribution in [-0.4, -0.2) is 33.3 Å². The molecule has 0 bridgehead atoms. The SMILES string of the molecule is Cn1c(=O)oc2ccc(-c3ccc(C[C@@H](C#N)NC(=O)C[C@@H](NC(=O)OC(C)(C)C)c4ccccc4O)cc3)cc21. The zero-order chi connectivity index (χ0) is 29.7. The number of phenolic OH excluding ortho intramolecular Hbond substituents is 1. The fourth-order valence-electron chi connectivity index (χ4n) is 4.41. The molecule has 0 fully saturated rings. The average molecular weight is 557 g/mol. The largest absolute Gasteiger partial charge is 0.508 e. The van der Waals surface area contributed by atoms with Crippen molar-refractivity contribution in [2.24, 2.45) is 7.05 Å². The number of oxazole rings is 1. The highest BCUT2D eigenvalue weighted by Gasteiger charge is 2.25. The van der Waals surface area contributed by atoms with Crippen molar-refractivity contribution in [3.8, 4) is 22.9 Å². The van der Waals surface area contributed by atoms with Crippen molar-refractivity contribution in [3.05, 3.63) is 88.4 Å². The summed E-state index contributed by atoms with van der Waals surface area (Å²) in [5.74, 6) is -0.978. The van der Waals surface area contributed by atoms with Gasteiger partial charge in [0.2, 0.25) is 5.91 Å². The van der Waals surface area contributed by atoms with E-state index in [2.05, 4.69) is 16.7 Å². The van der Waals surface area contributed by atoms with Crippen LogP contribution in [0.25, 0.3) is 22.2 Å². The van der Waals surface area contributed by atoms with Crippen molar-refractivity contribution >= 4 is 23.1 Å². The molecule has 0 spiro atoms. The molecule has 0 radical (unpaired) electrons. The van der Waals surface area contributed by atoms with Crippen molar-refractivity contribution in [2.45, 2.75) is 51.3 Å². The topological polar surface area (TPSA) is 147 Å². The first-order chi connectivity index (χ1) is 19.4. The van der Waals surface area contributed by atoms with E-state index in [-0.39, 0.29) is 18.6 Å². The lowest BCUT2D eigenvalue weighted by Gasteiger charge is -2.24. The van der Waals surface area contributed by atoms with Crippen LogP contribution in [0.2, 0.25) is 0 Å². The minimum atomic E-state index is -0.878. The minimum absolute atomic E-state index is 0.0765. The summed E-state index contributed by atoms with van der Waals surface area (Å²) < 4.78 is 12.0. The Kier molecular flexibility index (Phi) is 8.48. The van der Waals surface area contributed by atoms with Crippen LogP contribution >= 0.6 is 0 Å². The van der Waals surface area contributed by atoms with Gasteiger partial charge in [0.1, 0.15) is 17.4 Å². The first-order valence-electron chi connectivity index (χ1n) is 13.1. The summed E-state index contributed by atoms with van der Waals surface area (Å²) in [5.41, 5.74) is 3.46. The highest BCUT2D eigenvalue weighted by Crippen LogP contribution is 2.27. The maximum Gasteiger partial charge on any atom is 0.419 e. The van der Waals surface area contributed by atoms with Crippen molar-refractivity contribution < 1.29 is 23.8 Å². The number of fused-ring (bicyclic) bond motifs is 1. The molecule has 2 atom stereocenters. The van der Waals surface area contributed by atoms with Crippen LogP contribution in [0, 0.1) is 11.3 Å². The predicted molar refractivity (Wildman–Crippen MR) is 153 cm³/mol. The van der Waals surface area contributed by atoms with E-state index in [1.807, 2.05) is 36.4 Å². The number of nitriles is 1. The van der Waals surface area contributed by atoms with Gasteiger partial charge in [-0.2, -0.15) is 5.26 Å². The summed E-state index contributed by atoms with van der Waals surface area (Å²) in [4.78, 5) is 37.2. The van der Waals surface area contributed by atoms with Gasteiger partial charge in [-0.3, -0.25) is 9.36 Å². The number of amides is 2. The van der Waals surface area contributed by atoms with Gasteiger partial charge in [0.15, 0.2) is 5.58 Å². The normalized spacial score (nSPS) is 12.8. The number of benzene rings is 3. The highest BCUT2D eigenvalue weighted by molar-refractivity contribution is 5.81. The molecule has 10 heteroatoms. The van der Waals surface area contributed by atoms with E-state index in [0.29, 0.717) is 16.7 Å². The summed E-state index contributed by atoms with van der Waals surface area (Å²) in [7, 11) is 1.65. The lowest BCUT2D eigenvalue weighted by molar-refractivity contribution is -0.122. The Labute approximate surface area is 237 Å². The van der Waals surface area contributed by atoms with Crippen LogP contribution in [0.5, 0.6) is 5.75 Å². The van der Waals surface area contributed by atoms with Gasteiger partial charge < -0.3 is 24.9 Å². The van der Waals surface area contributed by atoms with Crippen molar-refractivity contribution in [1.82, 2.24) is 15.2 Å². The molecule has 0 aliphatic carbocycles. The molecule has 0 aliphatic rings. The van der Waals surface area contributed by atoms with E-state index in [1.54, 1.807) is 52.1 Å². The molecule has 0 saturated heterocycles. The van der Waals surface area contributed by atoms with E-state index in [9.17, 15) is 24.8 Å². The smallest absolute Gasteiger partial charge is 0.419 e. The first kappa shape index (κ1) is 29.0. The summed E-state index contributed by atoms with van der Waals surface area (Å²) in [5, 5.41) is 25.4. The number of aromatic nitrogens is 1. The van der Waals surface area contributed by atoms with Gasteiger partial charge in [0, 0.05) is 19.0 Å². The number of aryl methyl sites for hydroxylation is 1. The molecule has 4 rings (SSSR count). The van der Waals surface area contributed by atoms with Crippen LogP contribution in [-0.2, 0) is 23.0 Å². The molecule has 0 unspecified atom stereocenters. The second kappa shape index (κ2) is 12.0. The number of nitrogens with zero attached hydrogens (tertiary/aromatic N) is 2. The zero-order valence-electron chi connectivity index (χ0n) is 23.3. The maximum atomic E-state index is 13.0. The summed E-state index contributed by atoms with van der Waals surface area (Å²) >= 11 is 0. The molecule has 212 valence electrons. The minimum Gasteiger partial charge on any atom is -0.508 e. The van der Waals surface area contributed by atoms with Gasteiger partial charge in [0.05, 0.1) is 24.0 Å². The molecule has 0 saturated carbocycles. The van der Waals surface area contributed by atoms with Crippen LogP contribution in [0.4, 0.5) is 4.79 Å². The average Bonchev–Trinajstić information content (AvgIpc) is 3.20.